The Labute approximate surface area is 170 Å². The summed E-state index contributed by atoms with van der Waals surface area (Å²) in [6.45, 7) is 0.179. The van der Waals surface area contributed by atoms with Crippen molar-refractivity contribution in [1.29, 1.82) is 0 Å². The Morgan fingerprint density at radius 2 is 1.97 bits per heavy atom. The van der Waals surface area contributed by atoms with Crippen LogP contribution in [-0.4, -0.2) is 32.2 Å². The molecule has 0 fully saturated rings. The number of hydrogen-bond donors (Lipinski definition) is 0. The van der Waals surface area contributed by atoms with Crippen molar-refractivity contribution < 1.29 is 13.9 Å². The molecule has 0 aliphatic heterocycles. The molecule has 0 aliphatic rings. The van der Waals surface area contributed by atoms with E-state index in [1.165, 1.54) is 34.8 Å². The van der Waals surface area contributed by atoms with Crippen molar-refractivity contribution in [2.45, 2.75) is 6.54 Å². The van der Waals surface area contributed by atoms with E-state index in [4.69, 9.17) is 9.15 Å². The second-order valence-corrected chi connectivity index (χ2v) is 6.73. The van der Waals surface area contributed by atoms with Crippen molar-refractivity contribution in [1.82, 2.24) is 19.2 Å². The third-order valence-corrected chi connectivity index (χ3v) is 4.95. The van der Waals surface area contributed by atoms with Crippen LogP contribution >= 0.6 is 0 Å². The summed E-state index contributed by atoms with van der Waals surface area (Å²) in [5.41, 5.74) is 2.55. The van der Waals surface area contributed by atoms with Gasteiger partial charge >= 0.3 is 5.97 Å². The molecule has 148 valence electrons. The van der Waals surface area contributed by atoms with E-state index < -0.39 is 5.97 Å². The van der Waals surface area contributed by atoms with Gasteiger partial charge in [0.25, 0.3) is 5.56 Å². The number of furan rings is 1. The number of carbonyl (C=O) groups is 1. The number of hydrogen-bond acceptors (Lipinski definition) is 6. The van der Waals surface area contributed by atoms with Crippen molar-refractivity contribution in [3.63, 3.8) is 0 Å². The van der Waals surface area contributed by atoms with Gasteiger partial charge < -0.3 is 13.7 Å². The highest BCUT2D eigenvalue weighted by Gasteiger charge is 2.21. The minimum Gasteiger partial charge on any atom is -0.467 e. The lowest BCUT2D eigenvalue weighted by molar-refractivity contribution is 0.0601. The Morgan fingerprint density at radius 1 is 1.13 bits per heavy atom. The summed E-state index contributed by atoms with van der Waals surface area (Å²) < 4.78 is 13.2. The first-order chi connectivity index (χ1) is 14.7. The highest BCUT2D eigenvalue weighted by atomic mass is 16.5. The number of nitrogens with zero attached hydrogens (tertiary/aromatic N) is 4. The van der Waals surface area contributed by atoms with Gasteiger partial charge in [-0.2, -0.15) is 5.10 Å². The second-order valence-electron chi connectivity index (χ2n) is 6.73. The third-order valence-electron chi connectivity index (χ3n) is 4.95. The van der Waals surface area contributed by atoms with E-state index in [0.29, 0.717) is 16.9 Å². The van der Waals surface area contributed by atoms with Crippen LogP contribution in [0.5, 0.6) is 0 Å². The lowest BCUT2D eigenvalue weighted by Crippen LogP contribution is -2.24. The van der Waals surface area contributed by atoms with E-state index >= 15 is 0 Å². The molecular weight excluding hydrogens is 384 g/mol. The number of ether oxygens (including phenoxy) is 1. The molecule has 0 aliphatic carbocycles. The van der Waals surface area contributed by atoms with Gasteiger partial charge in [0.2, 0.25) is 0 Å². The van der Waals surface area contributed by atoms with Gasteiger partial charge in [0.05, 0.1) is 37.0 Å². The monoisotopic (exact) mass is 400 g/mol. The van der Waals surface area contributed by atoms with E-state index in [-0.39, 0.29) is 23.1 Å². The molecule has 8 nitrogen and oxygen atoms in total. The first-order valence-corrected chi connectivity index (χ1v) is 9.23. The summed E-state index contributed by atoms with van der Waals surface area (Å²) in [7, 11) is 1.30. The van der Waals surface area contributed by atoms with E-state index in [9.17, 15) is 9.59 Å². The van der Waals surface area contributed by atoms with Gasteiger partial charge in [0, 0.05) is 18.0 Å². The van der Waals surface area contributed by atoms with E-state index in [1.54, 1.807) is 18.3 Å². The van der Waals surface area contributed by atoms with Gasteiger partial charge in [0.15, 0.2) is 5.65 Å². The largest absolute Gasteiger partial charge is 0.467 e. The summed E-state index contributed by atoms with van der Waals surface area (Å²) in [6, 6.07) is 13.2. The van der Waals surface area contributed by atoms with Crippen LogP contribution in [0.1, 0.15) is 16.1 Å². The Hall–Kier alpha value is -4.20. The van der Waals surface area contributed by atoms with Crippen LogP contribution in [0.15, 0.2) is 76.5 Å². The fourth-order valence-electron chi connectivity index (χ4n) is 3.55. The van der Waals surface area contributed by atoms with Crippen LogP contribution in [0, 0.1) is 0 Å². The topological polar surface area (TPSA) is 91.6 Å². The SMILES string of the molecule is COC(=O)c1cn(Cc2ccco2)c(=O)c2cnc3c(-c4ccccc4)cnn3c12. The highest BCUT2D eigenvalue weighted by molar-refractivity contribution is 6.03. The summed E-state index contributed by atoms with van der Waals surface area (Å²) in [5, 5.41) is 4.69. The maximum Gasteiger partial charge on any atom is 0.341 e. The lowest BCUT2D eigenvalue weighted by atomic mass is 10.1. The molecule has 0 amide bonds. The van der Waals surface area contributed by atoms with Crippen molar-refractivity contribution >= 4 is 22.5 Å². The summed E-state index contributed by atoms with van der Waals surface area (Å²) in [5.74, 6) is 0.0178. The van der Waals surface area contributed by atoms with Crippen LogP contribution in [-0.2, 0) is 11.3 Å². The molecule has 0 N–H and O–H groups in total. The van der Waals surface area contributed by atoms with Crippen molar-refractivity contribution in [2.24, 2.45) is 0 Å². The standard InChI is InChI=1S/C22H16N4O4/c1-29-22(28)18-13-25(12-15-8-5-9-30-15)21(27)17-10-23-20-16(11-24-26(20)19(17)18)14-6-3-2-4-7-14/h2-11,13H,12H2,1H3. The van der Waals surface area contributed by atoms with Gasteiger partial charge in [0.1, 0.15) is 11.3 Å². The van der Waals surface area contributed by atoms with Gasteiger partial charge in [-0.05, 0) is 17.7 Å². The average molecular weight is 400 g/mol. The van der Waals surface area contributed by atoms with Crippen LogP contribution in [0.2, 0.25) is 0 Å². The third kappa shape index (κ3) is 2.77. The predicted molar refractivity (Wildman–Crippen MR) is 109 cm³/mol. The number of benzene rings is 1. The van der Waals surface area contributed by atoms with Crippen molar-refractivity contribution in [3.05, 3.63) is 89.0 Å². The molecule has 0 unspecified atom stereocenters. The number of carbonyl (C=O) groups excluding carboxylic acids is 1. The molecule has 0 atom stereocenters. The maximum atomic E-state index is 13.1. The Balaban J connectivity index is 1.80. The molecule has 0 spiro atoms. The molecule has 4 aromatic heterocycles. The Kier molecular flexibility index (Phi) is 4.17. The number of aromatic nitrogens is 4. The van der Waals surface area contributed by atoms with Crippen molar-refractivity contribution in [3.8, 4) is 11.1 Å². The molecule has 8 heteroatoms. The first-order valence-electron chi connectivity index (χ1n) is 9.23. The highest BCUT2D eigenvalue weighted by Crippen LogP contribution is 2.26. The quantitative estimate of drug-likeness (QED) is 0.431. The van der Waals surface area contributed by atoms with E-state index in [1.807, 2.05) is 30.3 Å². The maximum absolute atomic E-state index is 13.1. The molecular formula is C22H16N4O4. The molecule has 0 saturated heterocycles. The van der Waals surface area contributed by atoms with E-state index in [0.717, 1.165) is 11.1 Å². The molecule has 4 heterocycles. The zero-order chi connectivity index (χ0) is 20.7. The molecule has 30 heavy (non-hydrogen) atoms. The minimum absolute atomic E-state index is 0.179. The summed E-state index contributed by atoms with van der Waals surface area (Å²) in [4.78, 5) is 30.2. The fourth-order valence-corrected chi connectivity index (χ4v) is 3.55. The van der Waals surface area contributed by atoms with Crippen LogP contribution in [0.4, 0.5) is 0 Å². The van der Waals surface area contributed by atoms with Gasteiger partial charge in [-0.1, -0.05) is 30.3 Å². The van der Waals surface area contributed by atoms with Crippen LogP contribution in [0.25, 0.3) is 27.7 Å². The van der Waals surface area contributed by atoms with Crippen molar-refractivity contribution in [2.75, 3.05) is 7.11 Å². The Morgan fingerprint density at radius 3 is 2.70 bits per heavy atom. The van der Waals surface area contributed by atoms with Crippen LogP contribution < -0.4 is 5.56 Å². The molecule has 0 radical (unpaired) electrons. The number of pyridine rings is 1. The lowest BCUT2D eigenvalue weighted by Gasteiger charge is -2.11. The predicted octanol–water partition coefficient (Wildman–Crippen LogP) is 3.14. The normalized spacial score (nSPS) is 11.2. The molecule has 0 bridgehead atoms. The van der Waals surface area contributed by atoms with Crippen LogP contribution in [0.3, 0.4) is 0 Å². The second kappa shape index (κ2) is 7.00. The van der Waals surface area contributed by atoms with Gasteiger partial charge in [-0.15, -0.1) is 0 Å². The molecule has 5 aromatic rings. The number of fused-ring (bicyclic) bond motifs is 3. The first kappa shape index (κ1) is 17.9. The minimum atomic E-state index is -0.572. The zero-order valence-electron chi connectivity index (χ0n) is 16.0. The van der Waals surface area contributed by atoms with Gasteiger partial charge in [-0.25, -0.2) is 14.3 Å². The summed E-state index contributed by atoms with van der Waals surface area (Å²) in [6.07, 6.45) is 6.16. The average Bonchev–Trinajstić information content (AvgIpc) is 3.45. The number of methoxy groups -OCH3 is 1. The fraction of sp³-hybridized carbons (Fsp3) is 0.0909. The zero-order valence-corrected chi connectivity index (χ0v) is 16.0. The molecule has 0 saturated carbocycles. The summed E-state index contributed by atoms with van der Waals surface area (Å²) >= 11 is 0. The molecule has 5 rings (SSSR count). The van der Waals surface area contributed by atoms with Gasteiger partial charge in [-0.3, -0.25) is 4.79 Å². The Bertz CT molecular complexity index is 1430. The number of rotatable bonds is 4. The smallest absolute Gasteiger partial charge is 0.341 e. The number of esters is 1. The van der Waals surface area contributed by atoms with E-state index in [2.05, 4.69) is 10.1 Å². The molecule has 1 aromatic carbocycles.